The number of nitrogens with one attached hydrogen (secondary N) is 1. The van der Waals surface area contributed by atoms with Crippen molar-refractivity contribution in [1.82, 2.24) is 15.3 Å². The first kappa shape index (κ1) is 14.5. The molecule has 114 valence electrons. The van der Waals surface area contributed by atoms with Crippen LogP contribution >= 0.6 is 0 Å². The lowest BCUT2D eigenvalue weighted by atomic mass is 10.0. The van der Waals surface area contributed by atoms with Gasteiger partial charge in [-0.15, -0.1) is 0 Å². The van der Waals surface area contributed by atoms with Crippen molar-refractivity contribution < 1.29 is 9.53 Å². The molecule has 1 fully saturated rings. The lowest BCUT2D eigenvalue weighted by molar-refractivity contribution is 0.0926. The van der Waals surface area contributed by atoms with Crippen LogP contribution in [0.1, 0.15) is 28.9 Å². The van der Waals surface area contributed by atoms with Gasteiger partial charge in [0.25, 0.3) is 5.91 Å². The van der Waals surface area contributed by atoms with Gasteiger partial charge in [0.1, 0.15) is 11.4 Å². The van der Waals surface area contributed by atoms with Gasteiger partial charge in [0.05, 0.1) is 13.3 Å². The van der Waals surface area contributed by atoms with Gasteiger partial charge in [0, 0.05) is 18.4 Å². The minimum Gasteiger partial charge on any atom is -0.497 e. The number of carbonyl (C=O) groups excluding carboxylic acids is 1. The van der Waals surface area contributed by atoms with E-state index in [0.29, 0.717) is 11.6 Å². The molecule has 22 heavy (non-hydrogen) atoms. The van der Waals surface area contributed by atoms with E-state index in [1.54, 1.807) is 13.3 Å². The highest BCUT2D eigenvalue weighted by molar-refractivity contribution is 5.92. The van der Waals surface area contributed by atoms with Gasteiger partial charge in [-0.2, -0.15) is 0 Å². The Morgan fingerprint density at radius 2 is 2.27 bits per heavy atom. The zero-order valence-electron chi connectivity index (χ0n) is 12.5. The summed E-state index contributed by atoms with van der Waals surface area (Å²) < 4.78 is 5.26. The van der Waals surface area contributed by atoms with Gasteiger partial charge in [-0.1, -0.05) is 12.1 Å². The highest BCUT2D eigenvalue weighted by Crippen LogP contribution is 2.34. The van der Waals surface area contributed by atoms with E-state index in [0.717, 1.165) is 30.6 Å². The van der Waals surface area contributed by atoms with Crippen molar-refractivity contribution >= 4 is 5.91 Å². The minimum absolute atomic E-state index is 0.126. The second-order valence-corrected chi connectivity index (χ2v) is 5.56. The summed E-state index contributed by atoms with van der Waals surface area (Å²) in [5.74, 6) is 1.23. The molecule has 1 N–H and O–H groups in total. The number of benzene rings is 1. The van der Waals surface area contributed by atoms with Crippen molar-refractivity contribution in [2.75, 3.05) is 7.11 Å². The van der Waals surface area contributed by atoms with Crippen molar-refractivity contribution in [1.29, 1.82) is 0 Å². The van der Waals surface area contributed by atoms with Crippen molar-refractivity contribution in [3.63, 3.8) is 0 Å². The summed E-state index contributed by atoms with van der Waals surface area (Å²) in [4.78, 5) is 20.3. The maximum atomic E-state index is 12.3. The predicted molar refractivity (Wildman–Crippen MR) is 82.7 cm³/mol. The van der Waals surface area contributed by atoms with Crippen molar-refractivity contribution in [3.05, 3.63) is 54.1 Å². The Kier molecular flexibility index (Phi) is 4.32. The number of ether oxygens (including phenoxy) is 1. The van der Waals surface area contributed by atoms with Crippen LogP contribution < -0.4 is 10.1 Å². The van der Waals surface area contributed by atoms with Crippen LogP contribution in [0.5, 0.6) is 5.75 Å². The molecule has 1 heterocycles. The molecule has 1 saturated carbocycles. The molecule has 1 amide bonds. The van der Waals surface area contributed by atoms with E-state index >= 15 is 0 Å². The third-order valence-electron chi connectivity index (χ3n) is 3.89. The predicted octanol–water partition coefficient (Wildman–Crippen LogP) is 2.24. The number of methoxy groups -OCH3 is 1. The van der Waals surface area contributed by atoms with Crippen LogP contribution in [0.4, 0.5) is 0 Å². The molecule has 0 aliphatic heterocycles. The Bertz CT molecular complexity index is 641. The van der Waals surface area contributed by atoms with Gasteiger partial charge < -0.3 is 10.1 Å². The summed E-state index contributed by atoms with van der Waals surface area (Å²) in [5, 5.41) is 3.10. The second-order valence-electron chi connectivity index (χ2n) is 5.56. The monoisotopic (exact) mass is 297 g/mol. The molecule has 2 aromatic rings. The molecule has 1 aromatic carbocycles. The van der Waals surface area contributed by atoms with Gasteiger partial charge in [-0.25, -0.2) is 4.98 Å². The van der Waals surface area contributed by atoms with Crippen molar-refractivity contribution in [2.45, 2.75) is 25.3 Å². The number of rotatable bonds is 6. The number of aromatic nitrogens is 2. The van der Waals surface area contributed by atoms with E-state index in [1.165, 1.54) is 12.4 Å². The van der Waals surface area contributed by atoms with Gasteiger partial charge in [-0.3, -0.25) is 9.78 Å². The Labute approximate surface area is 129 Å². The third kappa shape index (κ3) is 3.61. The summed E-state index contributed by atoms with van der Waals surface area (Å²) in [6.45, 7) is 0. The van der Waals surface area contributed by atoms with E-state index in [4.69, 9.17) is 4.74 Å². The Balaban J connectivity index is 1.69. The molecule has 0 spiro atoms. The van der Waals surface area contributed by atoms with E-state index < -0.39 is 0 Å². The number of hydrogen-bond acceptors (Lipinski definition) is 4. The maximum absolute atomic E-state index is 12.3. The van der Waals surface area contributed by atoms with Crippen LogP contribution in [0, 0.1) is 5.92 Å². The first-order valence-electron chi connectivity index (χ1n) is 7.46. The van der Waals surface area contributed by atoms with Gasteiger partial charge >= 0.3 is 0 Å². The van der Waals surface area contributed by atoms with Crippen molar-refractivity contribution in [2.24, 2.45) is 5.92 Å². The van der Waals surface area contributed by atoms with Gasteiger partial charge in [0.2, 0.25) is 0 Å². The molecule has 0 saturated heterocycles. The van der Waals surface area contributed by atoms with E-state index in [-0.39, 0.29) is 11.9 Å². The number of nitrogens with zero attached hydrogens (tertiary/aromatic N) is 2. The zero-order valence-corrected chi connectivity index (χ0v) is 12.5. The highest BCUT2D eigenvalue weighted by atomic mass is 16.5. The fourth-order valence-electron chi connectivity index (χ4n) is 2.55. The molecule has 1 atom stereocenters. The topological polar surface area (TPSA) is 64.1 Å². The molecule has 1 aliphatic rings. The molecule has 1 aliphatic carbocycles. The van der Waals surface area contributed by atoms with E-state index in [2.05, 4.69) is 21.4 Å². The fourth-order valence-corrected chi connectivity index (χ4v) is 2.55. The summed E-state index contributed by atoms with van der Waals surface area (Å²) in [5.41, 5.74) is 1.52. The Hall–Kier alpha value is -2.43. The molecule has 5 heteroatoms. The van der Waals surface area contributed by atoms with Crippen LogP contribution in [0.2, 0.25) is 0 Å². The molecular weight excluding hydrogens is 278 g/mol. The quantitative estimate of drug-likeness (QED) is 0.888. The summed E-state index contributed by atoms with van der Waals surface area (Å²) in [6.07, 6.45) is 7.71. The molecule has 1 unspecified atom stereocenters. The van der Waals surface area contributed by atoms with E-state index in [1.807, 2.05) is 18.2 Å². The van der Waals surface area contributed by atoms with Crippen LogP contribution in [0.15, 0.2) is 42.9 Å². The minimum atomic E-state index is -0.159. The molecule has 0 radical (unpaired) electrons. The van der Waals surface area contributed by atoms with Crippen LogP contribution in [0.25, 0.3) is 0 Å². The van der Waals surface area contributed by atoms with Crippen molar-refractivity contribution in [3.8, 4) is 5.75 Å². The smallest absolute Gasteiger partial charge is 0.271 e. The zero-order chi connectivity index (χ0) is 15.4. The summed E-state index contributed by atoms with van der Waals surface area (Å²) >= 11 is 0. The summed E-state index contributed by atoms with van der Waals surface area (Å²) in [7, 11) is 1.66. The normalized spacial score (nSPS) is 15.1. The maximum Gasteiger partial charge on any atom is 0.271 e. The Morgan fingerprint density at radius 1 is 1.41 bits per heavy atom. The molecule has 3 rings (SSSR count). The lowest BCUT2D eigenvalue weighted by Gasteiger charge is -2.18. The molecule has 5 nitrogen and oxygen atoms in total. The standard InChI is InChI=1S/C17H19N3O2/c1-22-14-4-2-3-12(9-14)10-15(13-5-6-13)20-17(21)16-11-18-7-8-19-16/h2-4,7-9,11,13,15H,5-6,10H2,1H3,(H,20,21). The average Bonchev–Trinajstić information content (AvgIpc) is 3.40. The molecule has 1 aromatic heterocycles. The number of hydrogen-bond donors (Lipinski definition) is 1. The van der Waals surface area contributed by atoms with E-state index in [9.17, 15) is 4.79 Å². The molecular formula is C17H19N3O2. The van der Waals surface area contributed by atoms with Gasteiger partial charge in [0.15, 0.2) is 0 Å². The average molecular weight is 297 g/mol. The molecule has 0 bridgehead atoms. The van der Waals surface area contributed by atoms with Crippen LogP contribution in [-0.2, 0) is 6.42 Å². The van der Waals surface area contributed by atoms with Crippen LogP contribution in [0.3, 0.4) is 0 Å². The van der Waals surface area contributed by atoms with Gasteiger partial charge in [-0.05, 0) is 42.9 Å². The highest BCUT2D eigenvalue weighted by Gasteiger charge is 2.32. The second kappa shape index (κ2) is 6.56. The Morgan fingerprint density at radius 3 is 2.95 bits per heavy atom. The number of carbonyl (C=O) groups is 1. The number of amides is 1. The lowest BCUT2D eigenvalue weighted by Crippen LogP contribution is -2.38. The first-order chi connectivity index (χ1) is 10.8. The SMILES string of the molecule is COc1cccc(CC(NC(=O)c2cnccn2)C2CC2)c1. The summed E-state index contributed by atoms with van der Waals surface area (Å²) in [6, 6.07) is 8.11. The largest absolute Gasteiger partial charge is 0.497 e. The third-order valence-corrected chi connectivity index (χ3v) is 3.89. The first-order valence-corrected chi connectivity index (χ1v) is 7.46. The van der Waals surface area contributed by atoms with Crippen LogP contribution in [-0.4, -0.2) is 29.0 Å². The fraction of sp³-hybridized carbons (Fsp3) is 0.353.